The van der Waals surface area contributed by atoms with E-state index >= 15 is 0 Å². The molecule has 0 saturated carbocycles. The lowest BCUT2D eigenvalue weighted by Gasteiger charge is -2.36. The highest BCUT2D eigenvalue weighted by molar-refractivity contribution is 7.22. The summed E-state index contributed by atoms with van der Waals surface area (Å²) in [6, 6.07) is 8.05. The summed E-state index contributed by atoms with van der Waals surface area (Å²) < 4.78 is 0.950. The number of hydrogen-bond acceptors (Lipinski definition) is 8. The number of piperidine rings is 1. The van der Waals surface area contributed by atoms with Crippen LogP contribution in [-0.2, 0) is 9.59 Å². The zero-order chi connectivity index (χ0) is 26.9. The summed E-state index contributed by atoms with van der Waals surface area (Å²) in [4.78, 5) is 44.3. The van der Waals surface area contributed by atoms with E-state index in [4.69, 9.17) is 4.98 Å². The number of aliphatic carboxylic acids is 1. The predicted molar refractivity (Wildman–Crippen MR) is 149 cm³/mol. The lowest BCUT2D eigenvalue weighted by atomic mass is 9.80. The standard InChI is InChI=1S/C28H30N6O3S/c1-4-5-23(35)33-27-32-22-14-18(13-20(24(22)38-27)21-12-17(2)6-9-29-21)19-15-30-26(31-16-19)34-10-7-28(3,8-11-34)25(36)37/h6,9,12-16H,4-5,7-8,10-11H2,1-3H3,(H,36,37)(H,32,33,35). The minimum Gasteiger partial charge on any atom is -0.481 e. The van der Waals surface area contributed by atoms with E-state index in [1.165, 1.54) is 11.3 Å². The smallest absolute Gasteiger partial charge is 0.309 e. The highest BCUT2D eigenvalue weighted by atomic mass is 32.1. The summed E-state index contributed by atoms with van der Waals surface area (Å²) in [6.45, 7) is 7.00. The van der Waals surface area contributed by atoms with Gasteiger partial charge in [-0.25, -0.2) is 15.0 Å². The normalized spacial score (nSPS) is 15.0. The number of anilines is 2. The van der Waals surface area contributed by atoms with Crippen molar-refractivity contribution in [2.75, 3.05) is 23.3 Å². The molecule has 0 spiro atoms. The number of nitrogens with zero attached hydrogens (tertiary/aromatic N) is 5. The molecule has 0 aliphatic carbocycles. The first-order valence-electron chi connectivity index (χ1n) is 12.7. The first kappa shape index (κ1) is 25.7. The maximum atomic E-state index is 12.2. The van der Waals surface area contributed by atoms with E-state index < -0.39 is 11.4 Å². The molecule has 1 saturated heterocycles. The van der Waals surface area contributed by atoms with E-state index in [0.29, 0.717) is 43.4 Å². The van der Waals surface area contributed by atoms with E-state index in [1.54, 1.807) is 25.5 Å². The highest BCUT2D eigenvalue weighted by Gasteiger charge is 2.37. The molecule has 0 radical (unpaired) electrons. The van der Waals surface area contributed by atoms with Crippen molar-refractivity contribution in [3.63, 3.8) is 0 Å². The molecule has 38 heavy (non-hydrogen) atoms. The fourth-order valence-electron chi connectivity index (χ4n) is 4.58. The molecule has 0 unspecified atom stereocenters. The molecule has 1 aliphatic heterocycles. The van der Waals surface area contributed by atoms with Crippen LogP contribution in [0.1, 0.15) is 45.1 Å². The summed E-state index contributed by atoms with van der Waals surface area (Å²) >= 11 is 1.44. The van der Waals surface area contributed by atoms with Gasteiger partial charge in [-0.15, -0.1) is 0 Å². The monoisotopic (exact) mass is 530 g/mol. The Hall–Kier alpha value is -3.92. The van der Waals surface area contributed by atoms with Crippen LogP contribution in [0.2, 0.25) is 0 Å². The Bertz CT molecular complexity index is 1490. The van der Waals surface area contributed by atoms with Gasteiger partial charge < -0.3 is 15.3 Å². The average Bonchev–Trinajstić information content (AvgIpc) is 3.31. The van der Waals surface area contributed by atoms with Crippen molar-refractivity contribution in [2.24, 2.45) is 5.41 Å². The first-order chi connectivity index (χ1) is 18.3. The van der Waals surface area contributed by atoms with Crippen molar-refractivity contribution in [1.82, 2.24) is 19.9 Å². The molecule has 0 atom stereocenters. The Kier molecular flexibility index (Phi) is 7.07. The lowest BCUT2D eigenvalue weighted by Crippen LogP contribution is -2.43. The molecule has 0 bridgehead atoms. The van der Waals surface area contributed by atoms with Crippen LogP contribution in [0.4, 0.5) is 11.1 Å². The SMILES string of the molecule is CCCC(=O)Nc1nc2cc(-c3cnc(N4CCC(C)(C(=O)O)CC4)nc3)cc(-c3cc(C)ccn3)c2s1. The number of pyridine rings is 1. The zero-order valence-electron chi connectivity index (χ0n) is 21.7. The quantitative estimate of drug-likeness (QED) is 0.319. The van der Waals surface area contributed by atoms with E-state index in [2.05, 4.69) is 26.3 Å². The summed E-state index contributed by atoms with van der Waals surface area (Å²) in [7, 11) is 0. The number of thiazole rings is 1. The minimum absolute atomic E-state index is 0.0487. The molecule has 4 aromatic rings. The van der Waals surface area contributed by atoms with E-state index in [-0.39, 0.29) is 5.91 Å². The van der Waals surface area contributed by atoms with Gasteiger partial charge in [-0.05, 0) is 68.5 Å². The minimum atomic E-state index is -0.752. The third-order valence-electron chi connectivity index (χ3n) is 7.04. The van der Waals surface area contributed by atoms with Crippen LogP contribution in [0.3, 0.4) is 0 Å². The highest BCUT2D eigenvalue weighted by Crippen LogP contribution is 2.38. The van der Waals surface area contributed by atoms with Crippen LogP contribution in [0.25, 0.3) is 32.6 Å². The van der Waals surface area contributed by atoms with Gasteiger partial charge in [0.05, 0.1) is 21.3 Å². The summed E-state index contributed by atoms with van der Waals surface area (Å²) in [5, 5.41) is 13.0. The van der Waals surface area contributed by atoms with Gasteiger partial charge in [0.1, 0.15) is 0 Å². The number of aryl methyl sites for hydroxylation is 1. The number of aromatic nitrogens is 4. The van der Waals surface area contributed by atoms with Crippen molar-refractivity contribution >= 4 is 44.5 Å². The number of fused-ring (bicyclic) bond motifs is 1. The van der Waals surface area contributed by atoms with Crippen molar-refractivity contribution in [3.05, 3.63) is 48.4 Å². The Labute approximate surface area is 225 Å². The van der Waals surface area contributed by atoms with Crippen LogP contribution in [0.5, 0.6) is 0 Å². The largest absolute Gasteiger partial charge is 0.481 e. The molecule has 1 aliphatic rings. The Balaban J connectivity index is 1.48. The fourth-order valence-corrected chi connectivity index (χ4v) is 5.57. The second-order valence-corrected chi connectivity index (χ2v) is 11.0. The molecule has 1 fully saturated rings. The van der Waals surface area contributed by atoms with Gasteiger partial charge in [0.2, 0.25) is 11.9 Å². The molecule has 10 heteroatoms. The molecule has 4 heterocycles. The Morgan fingerprint density at radius 2 is 1.84 bits per heavy atom. The van der Waals surface area contributed by atoms with Crippen molar-refractivity contribution < 1.29 is 14.7 Å². The van der Waals surface area contributed by atoms with Gasteiger partial charge in [-0.1, -0.05) is 18.3 Å². The zero-order valence-corrected chi connectivity index (χ0v) is 22.5. The van der Waals surface area contributed by atoms with Crippen LogP contribution in [0, 0.1) is 12.3 Å². The van der Waals surface area contributed by atoms with Crippen LogP contribution in [0.15, 0.2) is 42.9 Å². The maximum Gasteiger partial charge on any atom is 0.309 e. The number of carboxylic acids is 1. The lowest BCUT2D eigenvalue weighted by molar-refractivity contribution is -0.149. The van der Waals surface area contributed by atoms with Crippen molar-refractivity contribution in [1.29, 1.82) is 0 Å². The van der Waals surface area contributed by atoms with Gasteiger partial charge >= 0.3 is 5.97 Å². The second-order valence-electron chi connectivity index (χ2n) is 10.0. The number of rotatable bonds is 7. The molecule has 1 aromatic carbocycles. The number of nitrogens with one attached hydrogen (secondary N) is 1. The maximum absolute atomic E-state index is 12.2. The van der Waals surface area contributed by atoms with Gasteiger partial charge in [-0.2, -0.15) is 0 Å². The molecular formula is C28H30N6O3S. The van der Waals surface area contributed by atoms with Gasteiger partial charge in [-0.3, -0.25) is 14.6 Å². The van der Waals surface area contributed by atoms with Crippen LogP contribution in [-0.4, -0.2) is 50.0 Å². The Morgan fingerprint density at radius 3 is 2.50 bits per heavy atom. The number of carbonyl (C=O) groups excluding carboxylic acids is 1. The number of benzene rings is 1. The van der Waals surface area contributed by atoms with Crippen LogP contribution < -0.4 is 10.2 Å². The van der Waals surface area contributed by atoms with E-state index in [1.807, 2.05) is 36.9 Å². The van der Waals surface area contributed by atoms with Gasteiger partial charge in [0.25, 0.3) is 0 Å². The fraction of sp³-hybridized carbons (Fsp3) is 0.357. The Morgan fingerprint density at radius 1 is 1.11 bits per heavy atom. The molecule has 2 N–H and O–H groups in total. The third-order valence-corrected chi connectivity index (χ3v) is 8.06. The molecule has 3 aromatic heterocycles. The average molecular weight is 531 g/mol. The number of amides is 1. The topological polar surface area (TPSA) is 121 Å². The van der Waals surface area contributed by atoms with Crippen LogP contribution >= 0.6 is 11.3 Å². The van der Waals surface area contributed by atoms with Gasteiger partial charge in [0.15, 0.2) is 5.13 Å². The number of hydrogen-bond donors (Lipinski definition) is 2. The predicted octanol–water partition coefficient (Wildman–Crippen LogP) is 5.55. The molecule has 1 amide bonds. The van der Waals surface area contributed by atoms with E-state index in [0.717, 1.165) is 44.6 Å². The van der Waals surface area contributed by atoms with E-state index in [9.17, 15) is 14.7 Å². The van der Waals surface area contributed by atoms with Gasteiger partial charge in [0, 0.05) is 49.2 Å². The van der Waals surface area contributed by atoms with Crippen molar-refractivity contribution in [3.8, 4) is 22.4 Å². The molecule has 5 rings (SSSR count). The second kappa shape index (κ2) is 10.4. The summed E-state index contributed by atoms with van der Waals surface area (Å²) in [6.07, 6.45) is 7.70. The summed E-state index contributed by atoms with van der Waals surface area (Å²) in [5.74, 6) is -0.206. The third kappa shape index (κ3) is 5.22. The molecule has 9 nitrogen and oxygen atoms in total. The first-order valence-corrected chi connectivity index (χ1v) is 13.6. The number of carboxylic acid groups (broad SMARTS) is 1. The summed E-state index contributed by atoms with van der Waals surface area (Å²) in [5.41, 5.74) is 4.67. The molecule has 196 valence electrons. The van der Waals surface area contributed by atoms with Crippen molar-refractivity contribution in [2.45, 2.75) is 46.5 Å². The number of carbonyl (C=O) groups is 2. The molecular weight excluding hydrogens is 500 g/mol.